The first-order chi connectivity index (χ1) is 11.1. The van der Waals surface area contributed by atoms with Crippen LogP contribution >= 0.6 is 0 Å². The number of aliphatic hydroxyl groups is 1. The predicted octanol–water partition coefficient (Wildman–Crippen LogP) is 2.27. The smallest absolute Gasteiger partial charge is 0.239 e. The van der Waals surface area contributed by atoms with Crippen LogP contribution in [0.3, 0.4) is 0 Å². The molecular formula is C18H32N2O3. The fourth-order valence-electron chi connectivity index (χ4n) is 3.79. The van der Waals surface area contributed by atoms with Gasteiger partial charge in [0.2, 0.25) is 11.8 Å². The summed E-state index contributed by atoms with van der Waals surface area (Å²) in [5.74, 6) is 0.441. The van der Waals surface area contributed by atoms with Crippen LogP contribution in [0.15, 0.2) is 0 Å². The van der Waals surface area contributed by atoms with Gasteiger partial charge in [0.15, 0.2) is 0 Å². The van der Waals surface area contributed by atoms with E-state index >= 15 is 0 Å². The van der Waals surface area contributed by atoms with E-state index in [1.165, 1.54) is 25.7 Å². The van der Waals surface area contributed by atoms with E-state index in [0.717, 1.165) is 44.9 Å². The number of hydrogen-bond donors (Lipinski definition) is 3. The van der Waals surface area contributed by atoms with Gasteiger partial charge in [-0.15, -0.1) is 0 Å². The van der Waals surface area contributed by atoms with E-state index < -0.39 is 5.60 Å². The number of hydrogen-bond acceptors (Lipinski definition) is 3. The van der Waals surface area contributed by atoms with Gasteiger partial charge in [-0.2, -0.15) is 0 Å². The van der Waals surface area contributed by atoms with Gasteiger partial charge in [-0.25, -0.2) is 0 Å². The Hall–Kier alpha value is -1.10. The van der Waals surface area contributed by atoms with Gasteiger partial charge in [0.05, 0.1) is 12.1 Å². The Morgan fingerprint density at radius 1 is 0.913 bits per heavy atom. The highest BCUT2D eigenvalue weighted by Gasteiger charge is 2.28. The molecule has 5 nitrogen and oxygen atoms in total. The Kier molecular flexibility index (Phi) is 7.34. The van der Waals surface area contributed by atoms with Crippen LogP contribution in [-0.2, 0) is 9.59 Å². The highest BCUT2D eigenvalue weighted by Crippen LogP contribution is 2.28. The SMILES string of the molecule is O=C(CCC1CCCC1)NCC(=O)NCC1(O)CCCCCC1. The molecule has 2 amide bonds. The molecule has 5 heteroatoms. The van der Waals surface area contributed by atoms with Crippen molar-refractivity contribution in [2.45, 2.75) is 82.7 Å². The average Bonchev–Trinajstić information content (AvgIpc) is 2.97. The highest BCUT2D eigenvalue weighted by atomic mass is 16.3. The molecule has 0 atom stereocenters. The molecule has 3 N–H and O–H groups in total. The fraction of sp³-hybridized carbons (Fsp3) is 0.889. The Morgan fingerprint density at radius 2 is 1.57 bits per heavy atom. The van der Waals surface area contributed by atoms with Gasteiger partial charge >= 0.3 is 0 Å². The summed E-state index contributed by atoms with van der Waals surface area (Å²) >= 11 is 0. The molecule has 0 aromatic rings. The summed E-state index contributed by atoms with van der Waals surface area (Å²) < 4.78 is 0. The van der Waals surface area contributed by atoms with Crippen LogP contribution in [0.25, 0.3) is 0 Å². The molecule has 0 aromatic heterocycles. The van der Waals surface area contributed by atoms with Crippen molar-refractivity contribution in [3.05, 3.63) is 0 Å². The highest BCUT2D eigenvalue weighted by molar-refractivity contribution is 5.84. The molecule has 0 bridgehead atoms. The minimum Gasteiger partial charge on any atom is -0.388 e. The van der Waals surface area contributed by atoms with Crippen LogP contribution in [0.2, 0.25) is 0 Å². The first-order valence-electron chi connectivity index (χ1n) is 9.33. The molecule has 132 valence electrons. The zero-order valence-corrected chi connectivity index (χ0v) is 14.2. The van der Waals surface area contributed by atoms with E-state index in [0.29, 0.717) is 18.9 Å². The van der Waals surface area contributed by atoms with Crippen molar-refractivity contribution < 1.29 is 14.7 Å². The van der Waals surface area contributed by atoms with E-state index in [-0.39, 0.29) is 18.4 Å². The Morgan fingerprint density at radius 3 is 2.22 bits per heavy atom. The van der Waals surface area contributed by atoms with Gasteiger partial charge in [-0.3, -0.25) is 9.59 Å². The van der Waals surface area contributed by atoms with Crippen LogP contribution in [0.4, 0.5) is 0 Å². The zero-order chi connectivity index (χ0) is 16.5. The van der Waals surface area contributed by atoms with Gasteiger partial charge in [0.25, 0.3) is 0 Å². The van der Waals surface area contributed by atoms with E-state index in [1.54, 1.807) is 0 Å². The summed E-state index contributed by atoms with van der Waals surface area (Å²) in [5, 5.41) is 15.9. The lowest BCUT2D eigenvalue weighted by Gasteiger charge is -2.26. The molecule has 23 heavy (non-hydrogen) atoms. The third-order valence-corrected chi connectivity index (χ3v) is 5.35. The second-order valence-electron chi connectivity index (χ2n) is 7.38. The topological polar surface area (TPSA) is 78.4 Å². The third-order valence-electron chi connectivity index (χ3n) is 5.35. The minimum atomic E-state index is -0.765. The number of carbonyl (C=O) groups is 2. The molecule has 0 aromatic carbocycles. The lowest BCUT2D eigenvalue weighted by Crippen LogP contribution is -2.45. The standard InChI is InChI=1S/C18H32N2O3/c21-16(10-9-15-7-3-4-8-15)19-13-17(22)20-14-18(23)11-5-1-2-6-12-18/h15,23H,1-14H2,(H,19,21)(H,20,22). The molecule has 0 unspecified atom stereocenters. The predicted molar refractivity (Wildman–Crippen MR) is 89.9 cm³/mol. The summed E-state index contributed by atoms with van der Waals surface area (Å²) in [6, 6.07) is 0. The molecule has 2 aliphatic carbocycles. The monoisotopic (exact) mass is 324 g/mol. The van der Waals surface area contributed by atoms with E-state index in [9.17, 15) is 14.7 Å². The first kappa shape index (κ1) is 18.2. The van der Waals surface area contributed by atoms with Crippen LogP contribution in [0.1, 0.15) is 77.0 Å². The van der Waals surface area contributed by atoms with Crippen LogP contribution < -0.4 is 10.6 Å². The van der Waals surface area contributed by atoms with Gasteiger partial charge < -0.3 is 15.7 Å². The van der Waals surface area contributed by atoms with Crippen molar-refractivity contribution in [2.75, 3.05) is 13.1 Å². The van der Waals surface area contributed by atoms with Crippen molar-refractivity contribution in [3.63, 3.8) is 0 Å². The van der Waals surface area contributed by atoms with Crippen molar-refractivity contribution >= 4 is 11.8 Å². The maximum absolute atomic E-state index is 11.8. The van der Waals surface area contributed by atoms with Gasteiger partial charge in [0.1, 0.15) is 0 Å². The van der Waals surface area contributed by atoms with Gasteiger partial charge in [0, 0.05) is 13.0 Å². The number of nitrogens with one attached hydrogen (secondary N) is 2. The lowest BCUT2D eigenvalue weighted by atomic mass is 9.94. The molecule has 2 aliphatic rings. The minimum absolute atomic E-state index is 0.0135. The molecule has 0 radical (unpaired) electrons. The average molecular weight is 324 g/mol. The number of amides is 2. The summed E-state index contributed by atoms with van der Waals surface area (Å²) in [7, 11) is 0. The molecule has 0 aliphatic heterocycles. The molecule has 2 fully saturated rings. The summed E-state index contributed by atoms with van der Waals surface area (Å²) in [6.45, 7) is 0.309. The van der Waals surface area contributed by atoms with E-state index in [4.69, 9.17) is 0 Å². The number of carbonyl (C=O) groups excluding carboxylic acids is 2. The molecule has 0 saturated heterocycles. The quantitative estimate of drug-likeness (QED) is 0.629. The van der Waals surface area contributed by atoms with Gasteiger partial charge in [-0.05, 0) is 25.2 Å². The van der Waals surface area contributed by atoms with Crippen LogP contribution in [0.5, 0.6) is 0 Å². The maximum atomic E-state index is 11.8. The van der Waals surface area contributed by atoms with Crippen molar-refractivity contribution in [2.24, 2.45) is 5.92 Å². The van der Waals surface area contributed by atoms with Crippen molar-refractivity contribution in [1.29, 1.82) is 0 Å². The summed E-state index contributed by atoms with van der Waals surface area (Å²) in [5.41, 5.74) is -0.765. The number of rotatable bonds is 7. The third kappa shape index (κ3) is 6.90. The van der Waals surface area contributed by atoms with Crippen LogP contribution in [-0.4, -0.2) is 35.6 Å². The van der Waals surface area contributed by atoms with E-state index in [1.807, 2.05) is 0 Å². The van der Waals surface area contributed by atoms with Crippen LogP contribution in [0, 0.1) is 5.92 Å². The van der Waals surface area contributed by atoms with E-state index in [2.05, 4.69) is 10.6 Å². The normalized spacial score (nSPS) is 21.6. The first-order valence-corrected chi connectivity index (χ1v) is 9.33. The zero-order valence-electron chi connectivity index (χ0n) is 14.2. The van der Waals surface area contributed by atoms with Crippen molar-refractivity contribution in [3.8, 4) is 0 Å². The molecule has 2 rings (SSSR count). The molecule has 0 spiro atoms. The summed E-state index contributed by atoms with van der Waals surface area (Å²) in [6.07, 6.45) is 12.4. The molecular weight excluding hydrogens is 292 g/mol. The molecule has 0 heterocycles. The second-order valence-corrected chi connectivity index (χ2v) is 7.38. The largest absolute Gasteiger partial charge is 0.388 e. The lowest BCUT2D eigenvalue weighted by molar-refractivity contribution is -0.126. The van der Waals surface area contributed by atoms with Crippen molar-refractivity contribution in [1.82, 2.24) is 10.6 Å². The molecule has 2 saturated carbocycles. The Labute approximate surface area is 139 Å². The van der Waals surface area contributed by atoms with Gasteiger partial charge in [-0.1, -0.05) is 51.4 Å². The maximum Gasteiger partial charge on any atom is 0.239 e. The summed E-state index contributed by atoms with van der Waals surface area (Å²) in [4.78, 5) is 23.6. The second kappa shape index (κ2) is 9.26. The Bertz CT molecular complexity index is 384. The fourth-order valence-corrected chi connectivity index (χ4v) is 3.79. The Balaban J connectivity index is 1.57.